The minimum atomic E-state index is 0.200. The largest absolute Gasteiger partial charge is 0.338 e. The van der Waals surface area contributed by atoms with E-state index in [2.05, 4.69) is 169 Å². The van der Waals surface area contributed by atoms with Gasteiger partial charge in [-0.3, -0.25) is 0 Å². The first-order chi connectivity index (χ1) is 23.1. The summed E-state index contributed by atoms with van der Waals surface area (Å²) in [7, 11) is 0. The molecule has 2 aliphatic rings. The molecule has 1 aromatic heterocycles. The fourth-order valence-electron chi connectivity index (χ4n) is 8.87. The molecule has 7 aromatic rings. The number of benzene rings is 6. The van der Waals surface area contributed by atoms with Crippen LogP contribution in [0.2, 0.25) is 0 Å². The molecular weight excluding hydrogens is 569 g/mol. The van der Waals surface area contributed by atoms with Crippen LogP contribution in [0.1, 0.15) is 45.1 Å². The van der Waals surface area contributed by atoms with Crippen molar-refractivity contribution < 1.29 is 0 Å². The van der Waals surface area contributed by atoms with Crippen molar-refractivity contribution in [3.05, 3.63) is 151 Å². The Kier molecular flexibility index (Phi) is 6.61. The molecule has 1 aliphatic carbocycles. The number of nitrogens with zero attached hydrogens (tertiary/aromatic N) is 2. The number of hydrogen-bond acceptors (Lipinski definition) is 1. The minimum Gasteiger partial charge on any atom is -0.338 e. The van der Waals surface area contributed by atoms with E-state index in [0.717, 1.165) is 0 Å². The van der Waals surface area contributed by atoms with E-state index in [0.29, 0.717) is 12.0 Å². The van der Waals surface area contributed by atoms with Gasteiger partial charge in [0.1, 0.15) is 0 Å². The number of anilines is 2. The molecule has 1 aliphatic heterocycles. The Bertz CT molecular complexity index is 2170. The summed E-state index contributed by atoms with van der Waals surface area (Å²) in [6.07, 6.45) is 5.26. The number of hydrogen-bond donors (Lipinski definition) is 0. The lowest BCUT2D eigenvalue weighted by Gasteiger charge is -2.53. The Morgan fingerprint density at radius 2 is 0.957 bits per heavy atom. The first-order valence-corrected chi connectivity index (χ1v) is 17.3. The van der Waals surface area contributed by atoms with E-state index < -0.39 is 0 Å². The van der Waals surface area contributed by atoms with Gasteiger partial charge in [-0.1, -0.05) is 130 Å². The second-order valence-electron chi connectivity index (χ2n) is 14.1. The van der Waals surface area contributed by atoms with Crippen LogP contribution in [0.25, 0.3) is 49.7 Å². The van der Waals surface area contributed by atoms with E-state index >= 15 is 0 Å². The summed E-state index contributed by atoms with van der Waals surface area (Å²) in [5.41, 5.74) is 13.0. The molecule has 0 radical (unpaired) electrons. The Labute approximate surface area is 277 Å². The summed E-state index contributed by atoms with van der Waals surface area (Å²) in [6, 6.07) is 54.4. The second kappa shape index (κ2) is 11.0. The van der Waals surface area contributed by atoms with Crippen LogP contribution in [0.4, 0.5) is 11.4 Å². The number of aromatic nitrogens is 1. The van der Waals surface area contributed by atoms with Crippen LogP contribution in [0.3, 0.4) is 0 Å². The third kappa shape index (κ3) is 4.53. The zero-order chi connectivity index (χ0) is 31.5. The molecule has 0 amide bonds. The molecule has 2 heterocycles. The van der Waals surface area contributed by atoms with Crippen LogP contribution in [-0.4, -0.2) is 10.6 Å². The smallest absolute Gasteiger partial charge is 0.0541 e. The van der Waals surface area contributed by atoms with Gasteiger partial charge in [0.05, 0.1) is 11.0 Å². The first kappa shape index (κ1) is 28.2. The Balaban J connectivity index is 0.990. The summed E-state index contributed by atoms with van der Waals surface area (Å²) in [6.45, 7) is 4.94. The SMILES string of the molecule is CC1(C)c2ccccc2N(c2ccc(-c3ccc(-c4ccc(-n5c6ccccc6c6ccccc65)cc4)cc3)cc2)C2CCCCC21. The van der Waals surface area contributed by atoms with Crippen molar-refractivity contribution in [1.29, 1.82) is 0 Å². The maximum atomic E-state index is 2.67. The molecule has 2 unspecified atom stereocenters. The molecule has 0 N–H and O–H groups in total. The summed E-state index contributed by atoms with van der Waals surface area (Å²) in [5.74, 6) is 0.675. The van der Waals surface area contributed by atoms with Crippen molar-refractivity contribution in [1.82, 2.24) is 4.57 Å². The summed E-state index contributed by atoms with van der Waals surface area (Å²) in [5, 5.41) is 2.58. The van der Waals surface area contributed by atoms with Gasteiger partial charge in [0, 0.05) is 33.9 Å². The third-order valence-electron chi connectivity index (χ3n) is 11.2. The predicted octanol–water partition coefficient (Wildman–Crippen LogP) is 12.1. The lowest BCUT2D eigenvalue weighted by molar-refractivity contribution is 0.190. The highest BCUT2D eigenvalue weighted by molar-refractivity contribution is 6.09. The molecule has 6 aromatic carbocycles. The van der Waals surface area contributed by atoms with Crippen LogP contribution >= 0.6 is 0 Å². The molecule has 2 heteroatoms. The Hall–Kier alpha value is -5.08. The number of rotatable bonds is 4. The van der Waals surface area contributed by atoms with E-state index in [-0.39, 0.29) is 5.41 Å². The fraction of sp³-hybridized carbons (Fsp3) is 0.200. The van der Waals surface area contributed by atoms with Crippen molar-refractivity contribution in [2.45, 2.75) is 51.0 Å². The zero-order valence-corrected chi connectivity index (χ0v) is 27.2. The highest BCUT2D eigenvalue weighted by Gasteiger charge is 2.46. The molecule has 0 saturated heterocycles. The van der Waals surface area contributed by atoms with E-state index in [9.17, 15) is 0 Å². The molecule has 1 fully saturated rings. The first-order valence-electron chi connectivity index (χ1n) is 17.3. The molecule has 47 heavy (non-hydrogen) atoms. The van der Waals surface area contributed by atoms with Gasteiger partial charge in [-0.25, -0.2) is 0 Å². The monoisotopic (exact) mass is 608 g/mol. The quantitative estimate of drug-likeness (QED) is 0.193. The van der Waals surface area contributed by atoms with Crippen LogP contribution in [0.15, 0.2) is 146 Å². The van der Waals surface area contributed by atoms with Crippen molar-refractivity contribution in [3.63, 3.8) is 0 Å². The number of fused-ring (bicyclic) bond motifs is 5. The highest BCUT2D eigenvalue weighted by atomic mass is 15.2. The lowest BCUT2D eigenvalue weighted by atomic mass is 9.62. The molecule has 0 spiro atoms. The van der Waals surface area contributed by atoms with Gasteiger partial charge in [-0.2, -0.15) is 0 Å². The van der Waals surface area contributed by atoms with Crippen molar-refractivity contribution in [3.8, 4) is 27.9 Å². The van der Waals surface area contributed by atoms with Crippen molar-refractivity contribution >= 4 is 33.2 Å². The predicted molar refractivity (Wildman–Crippen MR) is 199 cm³/mol. The Morgan fingerprint density at radius 1 is 0.489 bits per heavy atom. The Morgan fingerprint density at radius 3 is 1.55 bits per heavy atom. The molecular formula is C45H40N2. The summed E-state index contributed by atoms with van der Waals surface area (Å²) >= 11 is 0. The zero-order valence-electron chi connectivity index (χ0n) is 27.2. The van der Waals surface area contributed by atoms with Crippen LogP contribution in [0, 0.1) is 5.92 Å². The standard InChI is InChI=1S/C45H40N2/c1-45(2)39-13-5-9-17-43(39)47(44-18-10-6-14-40(44)45)36-29-25-34(26-30-36)32-21-19-31(20-22-32)33-23-27-35(28-24-33)46-41-15-7-3-11-37(41)38-12-4-8-16-42(38)46/h3-5,7-9,11-13,15-17,19-30,40,44H,6,10,14,18H2,1-2H3. The third-order valence-corrected chi connectivity index (χ3v) is 11.2. The summed E-state index contributed by atoms with van der Waals surface area (Å²) < 4.78 is 2.37. The van der Waals surface area contributed by atoms with Crippen LogP contribution in [0.5, 0.6) is 0 Å². The molecule has 2 nitrogen and oxygen atoms in total. The van der Waals surface area contributed by atoms with Gasteiger partial charge in [-0.05, 0) is 94.5 Å². The normalized spacial score (nSPS) is 18.6. The van der Waals surface area contributed by atoms with Gasteiger partial charge in [0.25, 0.3) is 0 Å². The summed E-state index contributed by atoms with van der Waals surface area (Å²) in [4.78, 5) is 2.67. The minimum absolute atomic E-state index is 0.200. The second-order valence-corrected chi connectivity index (χ2v) is 14.1. The topological polar surface area (TPSA) is 8.17 Å². The average Bonchev–Trinajstić information content (AvgIpc) is 3.47. The highest BCUT2D eigenvalue weighted by Crippen LogP contribution is 2.53. The van der Waals surface area contributed by atoms with Crippen LogP contribution < -0.4 is 4.90 Å². The van der Waals surface area contributed by atoms with E-state index in [1.165, 1.54) is 92.4 Å². The van der Waals surface area contributed by atoms with Crippen LogP contribution in [-0.2, 0) is 5.41 Å². The molecule has 0 bridgehead atoms. The van der Waals surface area contributed by atoms with Gasteiger partial charge < -0.3 is 9.47 Å². The van der Waals surface area contributed by atoms with Crippen molar-refractivity contribution in [2.24, 2.45) is 5.92 Å². The molecule has 230 valence electrons. The lowest BCUT2D eigenvalue weighted by Crippen LogP contribution is -2.52. The van der Waals surface area contributed by atoms with Gasteiger partial charge in [0.15, 0.2) is 0 Å². The maximum absolute atomic E-state index is 2.67. The van der Waals surface area contributed by atoms with Gasteiger partial charge in [0.2, 0.25) is 0 Å². The van der Waals surface area contributed by atoms with E-state index in [1.807, 2.05) is 0 Å². The van der Waals surface area contributed by atoms with E-state index in [4.69, 9.17) is 0 Å². The maximum Gasteiger partial charge on any atom is 0.0541 e. The van der Waals surface area contributed by atoms with E-state index in [1.54, 1.807) is 0 Å². The molecule has 9 rings (SSSR count). The van der Waals surface area contributed by atoms with Crippen molar-refractivity contribution in [2.75, 3.05) is 4.90 Å². The number of para-hydroxylation sites is 3. The average molecular weight is 609 g/mol. The molecule has 2 atom stereocenters. The van der Waals surface area contributed by atoms with Gasteiger partial charge >= 0.3 is 0 Å². The fourth-order valence-corrected chi connectivity index (χ4v) is 8.87. The molecule has 1 saturated carbocycles. The van der Waals surface area contributed by atoms with Gasteiger partial charge in [-0.15, -0.1) is 0 Å².